The van der Waals surface area contributed by atoms with Crippen LogP contribution in [0.1, 0.15) is 5.56 Å². The minimum absolute atomic E-state index is 0.104. The smallest absolute Gasteiger partial charge is 0.267 e. The van der Waals surface area contributed by atoms with Gasteiger partial charge in [-0.15, -0.1) is 10.2 Å². The molecule has 180 valence electrons. The molecule has 0 unspecified atom stereocenters. The summed E-state index contributed by atoms with van der Waals surface area (Å²) >= 11 is 1.25. The lowest BCUT2D eigenvalue weighted by molar-refractivity contribution is -0.113. The number of carbonyl (C=O) groups excluding carboxylic acids is 1. The van der Waals surface area contributed by atoms with Crippen molar-refractivity contribution in [1.29, 1.82) is 0 Å². The SMILES string of the molecule is Cc1ccccc1-n1c(=O)c2ccccc2n2c(SCC(=O)Nc3ccc4c(c3)OCCO4)nnc12. The molecular formula is C26H21N5O4S. The molecule has 0 saturated heterocycles. The quantitative estimate of drug-likeness (QED) is 0.367. The predicted octanol–water partition coefficient (Wildman–Crippen LogP) is 3.84. The lowest BCUT2D eigenvalue weighted by Crippen LogP contribution is -2.22. The fourth-order valence-electron chi connectivity index (χ4n) is 4.25. The summed E-state index contributed by atoms with van der Waals surface area (Å²) < 4.78 is 14.5. The average Bonchev–Trinajstić information content (AvgIpc) is 3.32. The number of nitrogens with zero attached hydrogens (tertiary/aromatic N) is 4. The van der Waals surface area contributed by atoms with E-state index in [-0.39, 0.29) is 17.2 Å². The van der Waals surface area contributed by atoms with Crippen molar-refractivity contribution < 1.29 is 14.3 Å². The molecule has 0 aliphatic carbocycles. The van der Waals surface area contributed by atoms with E-state index >= 15 is 0 Å². The molecular weight excluding hydrogens is 478 g/mol. The predicted molar refractivity (Wildman–Crippen MR) is 138 cm³/mol. The summed E-state index contributed by atoms with van der Waals surface area (Å²) in [6.45, 7) is 2.93. The van der Waals surface area contributed by atoms with E-state index < -0.39 is 0 Å². The molecule has 0 fully saturated rings. The van der Waals surface area contributed by atoms with Gasteiger partial charge >= 0.3 is 0 Å². The third-order valence-electron chi connectivity index (χ3n) is 5.91. The molecule has 1 aliphatic rings. The van der Waals surface area contributed by atoms with Gasteiger partial charge in [0.05, 0.1) is 22.3 Å². The maximum atomic E-state index is 13.5. The zero-order valence-corrected chi connectivity index (χ0v) is 20.1. The standard InChI is InChI=1S/C26H21N5O4S/c1-16-6-2-4-8-19(16)30-24(33)18-7-3-5-9-20(18)31-25(30)28-29-26(31)36-15-23(32)27-17-10-11-21-22(14-17)35-13-12-34-21/h2-11,14H,12-13,15H2,1H3,(H,27,32). The number of nitrogens with one attached hydrogen (secondary N) is 1. The lowest BCUT2D eigenvalue weighted by atomic mass is 10.2. The van der Waals surface area contributed by atoms with Gasteiger partial charge in [0.25, 0.3) is 5.56 Å². The molecule has 3 aromatic carbocycles. The molecule has 9 nitrogen and oxygen atoms in total. The first-order chi connectivity index (χ1) is 17.6. The molecule has 1 amide bonds. The molecule has 0 atom stereocenters. The van der Waals surface area contributed by atoms with E-state index in [1.165, 1.54) is 11.8 Å². The van der Waals surface area contributed by atoms with Gasteiger partial charge in [-0.25, -0.2) is 4.57 Å². The van der Waals surface area contributed by atoms with Crippen molar-refractivity contribution in [2.24, 2.45) is 0 Å². The van der Waals surface area contributed by atoms with Crippen LogP contribution in [0.15, 0.2) is 76.7 Å². The largest absolute Gasteiger partial charge is 0.486 e. The fraction of sp³-hybridized carbons (Fsp3) is 0.154. The molecule has 10 heteroatoms. The number of amides is 1. The second-order valence-corrected chi connectivity index (χ2v) is 9.20. The van der Waals surface area contributed by atoms with Gasteiger partial charge in [-0.3, -0.25) is 14.0 Å². The van der Waals surface area contributed by atoms with Crippen LogP contribution in [0.3, 0.4) is 0 Å². The summed E-state index contributed by atoms with van der Waals surface area (Å²) in [5.41, 5.74) is 2.80. The third kappa shape index (κ3) is 3.85. The second kappa shape index (κ2) is 9.04. The van der Waals surface area contributed by atoms with E-state index in [4.69, 9.17) is 9.47 Å². The summed E-state index contributed by atoms with van der Waals surface area (Å²) in [6, 6.07) is 20.3. The Hall–Kier alpha value is -4.31. The number of para-hydroxylation sites is 2. The summed E-state index contributed by atoms with van der Waals surface area (Å²) in [5, 5.41) is 12.6. The minimum Gasteiger partial charge on any atom is -0.486 e. The molecule has 1 aliphatic heterocycles. The molecule has 1 N–H and O–H groups in total. The number of benzene rings is 3. The highest BCUT2D eigenvalue weighted by atomic mass is 32.2. The minimum atomic E-state index is -0.204. The molecule has 36 heavy (non-hydrogen) atoms. The van der Waals surface area contributed by atoms with Gasteiger partial charge in [-0.05, 0) is 42.8 Å². The zero-order valence-electron chi connectivity index (χ0n) is 19.3. The van der Waals surface area contributed by atoms with E-state index in [1.54, 1.807) is 28.8 Å². The van der Waals surface area contributed by atoms with E-state index in [1.807, 2.05) is 53.8 Å². The Balaban J connectivity index is 1.34. The van der Waals surface area contributed by atoms with Crippen LogP contribution in [-0.4, -0.2) is 44.0 Å². The van der Waals surface area contributed by atoms with Gasteiger partial charge in [0.2, 0.25) is 11.7 Å². The van der Waals surface area contributed by atoms with E-state index in [9.17, 15) is 9.59 Å². The van der Waals surface area contributed by atoms with Gasteiger partial charge in [0.1, 0.15) is 13.2 Å². The maximum Gasteiger partial charge on any atom is 0.267 e. The Morgan fingerprint density at radius 1 is 1.00 bits per heavy atom. The van der Waals surface area contributed by atoms with Gasteiger partial charge in [0.15, 0.2) is 16.7 Å². The number of rotatable bonds is 5. The lowest BCUT2D eigenvalue weighted by Gasteiger charge is -2.19. The maximum absolute atomic E-state index is 13.5. The normalized spacial score (nSPS) is 12.7. The first kappa shape index (κ1) is 22.2. The topological polar surface area (TPSA) is 99.8 Å². The first-order valence-electron chi connectivity index (χ1n) is 11.4. The van der Waals surface area contributed by atoms with Crippen LogP contribution in [0.4, 0.5) is 5.69 Å². The van der Waals surface area contributed by atoms with Gasteiger partial charge in [-0.1, -0.05) is 42.1 Å². The Bertz CT molecular complexity index is 1690. The number of carbonyl (C=O) groups is 1. The monoisotopic (exact) mass is 499 g/mol. The third-order valence-corrected chi connectivity index (χ3v) is 6.84. The number of thioether (sulfide) groups is 1. The fourth-order valence-corrected chi connectivity index (χ4v) is 4.99. The highest BCUT2D eigenvalue weighted by Gasteiger charge is 2.20. The molecule has 6 rings (SSSR count). The van der Waals surface area contributed by atoms with Crippen LogP contribution >= 0.6 is 11.8 Å². The number of aryl methyl sites for hydroxylation is 1. The van der Waals surface area contributed by atoms with Crippen LogP contribution in [0.5, 0.6) is 11.5 Å². The van der Waals surface area contributed by atoms with E-state index in [0.717, 1.165) is 11.3 Å². The number of hydrogen-bond acceptors (Lipinski definition) is 7. The first-order valence-corrected chi connectivity index (χ1v) is 12.4. The van der Waals surface area contributed by atoms with Crippen molar-refractivity contribution in [3.05, 3.63) is 82.6 Å². The number of aromatic nitrogens is 4. The van der Waals surface area contributed by atoms with Crippen molar-refractivity contribution in [2.75, 3.05) is 24.3 Å². The Morgan fingerprint density at radius 3 is 2.64 bits per heavy atom. The van der Waals surface area contributed by atoms with Crippen LogP contribution in [0, 0.1) is 6.92 Å². The van der Waals surface area contributed by atoms with Crippen molar-refractivity contribution in [3.8, 4) is 17.2 Å². The molecule has 2 aromatic heterocycles. The molecule has 0 spiro atoms. The van der Waals surface area contributed by atoms with Crippen LogP contribution in [-0.2, 0) is 4.79 Å². The number of ether oxygens (including phenoxy) is 2. The van der Waals surface area contributed by atoms with Gasteiger partial charge < -0.3 is 14.8 Å². The van der Waals surface area contributed by atoms with Crippen molar-refractivity contribution in [3.63, 3.8) is 0 Å². The zero-order chi connectivity index (χ0) is 24.6. The van der Waals surface area contributed by atoms with Crippen molar-refractivity contribution >= 4 is 40.0 Å². The van der Waals surface area contributed by atoms with Crippen LogP contribution in [0.25, 0.3) is 22.4 Å². The Kier molecular flexibility index (Phi) is 5.57. The van der Waals surface area contributed by atoms with Crippen LogP contribution in [0.2, 0.25) is 0 Å². The molecule has 0 radical (unpaired) electrons. The highest BCUT2D eigenvalue weighted by Crippen LogP contribution is 2.32. The van der Waals surface area contributed by atoms with Crippen molar-refractivity contribution in [2.45, 2.75) is 12.1 Å². The number of fused-ring (bicyclic) bond motifs is 4. The average molecular weight is 500 g/mol. The molecule has 3 heterocycles. The van der Waals surface area contributed by atoms with Gasteiger partial charge in [0, 0.05) is 11.8 Å². The molecule has 5 aromatic rings. The van der Waals surface area contributed by atoms with E-state index in [2.05, 4.69) is 15.5 Å². The van der Waals surface area contributed by atoms with Crippen molar-refractivity contribution in [1.82, 2.24) is 19.2 Å². The molecule has 0 bridgehead atoms. The summed E-state index contributed by atoms with van der Waals surface area (Å²) in [5.74, 6) is 1.56. The number of hydrogen-bond donors (Lipinski definition) is 1. The summed E-state index contributed by atoms with van der Waals surface area (Å²) in [7, 11) is 0. The number of anilines is 1. The second-order valence-electron chi connectivity index (χ2n) is 8.26. The summed E-state index contributed by atoms with van der Waals surface area (Å²) in [6.07, 6.45) is 0. The Morgan fingerprint density at radius 2 is 1.78 bits per heavy atom. The Labute approximate surface area is 209 Å². The highest BCUT2D eigenvalue weighted by molar-refractivity contribution is 7.99. The molecule has 0 saturated carbocycles. The van der Waals surface area contributed by atoms with Crippen LogP contribution < -0.4 is 20.3 Å². The summed E-state index contributed by atoms with van der Waals surface area (Å²) in [4.78, 5) is 26.2. The van der Waals surface area contributed by atoms with E-state index in [0.29, 0.717) is 52.2 Å². The van der Waals surface area contributed by atoms with Gasteiger partial charge in [-0.2, -0.15) is 0 Å².